The van der Waals surface area contributed by atoms with Gasteiger partial charge in [-0.2, -0.15) is 0 Å². The molecule has 4 aromatic rings. The summed E-state index contributed by atoms with van der Waals surface area (Å²) < 4.78 is 5.44. The van der Waals surface area contributed by atoms with Crippen LogP contribution >= 0.6 is 34.5 Å². The molecular weight excluding hydrogens is 535 g/mol. The molecule has 0 atom stereocenters. The number of aromatic nitrogens is 4. The Morgan fingerprint density at radius 1 is 1.03 bits per heavy atom. The summed E-state index contributed by atoms with van der Waals surface area (Å²) >= 11 is 13.6. The highest BCUT2D eigenvalue weighted by Crippen LogP contribution is 2.36. The molecule has 4 aromatic heterocycles. The molecule has 5 rings (SSSR count). The van der Waals surface area contributed by atoms with Crippen molar-refractivity contribution in [3.63, 3.8) is 0 Å². The van der Waals surface area contributed by atoms with Crippen LogP contribution in [0.4, 0.5) is 5.13 Å². The fraction of sp³-hybridized carbons (Fsp3) is 0.200. The molecule has 0 aliphatic carbocycles. The first-order valence-electron chi connectivity index (χ1n) is 11.1. The van der Waals surface area contributed by atoms with Gasteiger partial charge in [0.2, 0.25) is 0 Å². The second-order valence-electron chi connectivity index (χ2n) is 8.37. The number of hydrogen-bond donors (Lipinski definition) is 1. The number of amides is 2. The molecule has 12 heteroatoms. The Morgan fingerprint density at radius 2 is 1.84 bits per heavy atom. The first-order valence-corrected chi connectivity index (χ1v) is 12.7. The topological polar surface area (TPSA) is 110 Å². The number of thiazole rings is 1. The van der Waals surface area contributed by atoms with Gasteiger partial charge in [-0.05, 0) is 38.1 Å². The van der Waals surface area contributed by atoms with Crippen molar-refractivity contribution in [2.75, 3.05) is 12.4 Å². The average molecular weight is 555 g/mol. The normalized spacial score (nSPS) is 12.4. The SMILES string of the molecule is COc1cnc(Cl)cc1-c1cc(C)ncc1C(=O)Nc1nc2c(s1)CN(C(=O)c1nc(C)ccc1Cl)C2. The molecule has 5 heterocycles. The lowest BCUT2D eigenvalue weighted by Gasteiger charge is -2.16. The second-order valence-corrected chi connectivity index (χ2v) is 10.2. The van der Waals surface area contributed by atoms with Crippen molar-refractivity contribution in [2.24, 2.45) is 0 Å². The molecule has 0 spiro atoms. The van der Waals surface area contributed by atoms with E-state index in [1.165, 1.54) is 30.8 Å². The number of halogens is 2. The minimum Gasteiger partial charge on any atom is -0.494 e. The molecule has 2 amide bonds. The highest BCUT2D eigenvalue weighted by molar-refractivity contribution is 7.16. The van der Waals surface area contributed by atoms with Crippen LogP contribution < -0.4 is 10.1 Å². The smallest absolute Gasteiger partial charge is 0.274 e. The van der Waals surface area contributed by atoms with Gasteiger partial charge in [0.25, 0.3) is 11.8 Å². The van der Waals surface area contributed by atoms with Gasteiger partial charge in [0.15, 0.2) is 5.13 Å². The first-order chi connectivity index (χ1) is 17.7. The van der Waals surface area contributed by atoms with Gasteiger partial charge in [0, 0.05) is 28.7 Å². The molecule has 1 aliphatic heterocycles. The number of rotatable bonds is 5. The van der Waals surface area contributed by atoms with Crippen LogP contribution in [0.2, 0.25) is 10.2 Å². The summed E-state index contributed by atoms with van der Waals surface area (Å²) in [6, 6.07) is 6.85. The lowest BCUT2D eigenvalue weighted by Crippen LogP contribution is -2.27. The minimum absolute atomic E-state index is 0.219. The maximum Gasteiger partial charge on any atom is 0.274 e. The molecule has 0 saturated heterocycles. The lowest BCUT2D eigenvalue weighted by molar-refractivity contribution is 0.0744. The third-order valence-electron chi connectivity index (χ3n) is 5.78. The largest absolute Gasteiger partial charge is 0.494 e. The van der Waals surface area contributed by atoms with Gasteiger partial charge in [-0.1, -0.05) is 34.5 Å². The van der Waals surface area contributed by atoms with Crippen LogP contribution in [0.15, 0.2) is 36.7 Å². The zero-order valence-corrected chi connectivity index (χ0v) is 22.3. The Bertz CT molecular complexity index is 1530. The Kier molecular flexibility index (Phi) is 6.80. The maximum atomic E-state index is 13.3. The minimum atomic E-state index is -0.381. The first kappa shape index (κ1) is 25.1. The molecule has 0 fully saturated rings. The van der Waals surface area contributed by atoms with Crippen LogP contribution in [0.1, 0.15) is 42.8 Å². The van der Waals surface area contributed by atoms with Crippen molar-refractivity contribution in [1.82, 2.24) is 24.8 Å². The van der Waals surface area contributed by atoms with Crippen molar-refractivity contribution in [3.8, 4) is 16.9 Å². The molecule has 0 bridgehead atoms. The Labute approximate surface area is 226 Å². The predicted octanol–water partition coefficient (Wildman–Crippen LogP) is 5.34. The molecule has 0 unspecified atom stereocenters. The van der Waals surface area contributed by atoms with Crippen molar-refractivity contribution >= 4 is 51.5 Å². The molecule has 37 heavy (non-hydrogen) atoms. The number of pyridine rings is 3. The van der Waals surface area contributed by atoms with Crippen molar-refractivity contribution in [3.05, 3.63) is 80.1 Å². The van der Waals surface area contributed by atoms with Crippen molar-refractivity contribution in [1.29, 1.82) is 0 Å². The van der Waals surface area contributed by atoms with Gasteiger partial charge in [-0.25, -0.2) is 15.0 Å². The maximum absolute atomic E-state index is 13.3. The second kappa shape index (κ2) is 10.0. The summed E-state index contributed by atoms with van der Waals surface area (Å²) in [5.74, 6) is -0.163. The zero-order valence-electron chi connectivity index (χ0n) is 20.0. The summed E-state index contributed by atoms with van der Waals surface area (Å²) in [5, 5.41) is 3.87. The van der Waals surface area contributed by atoms with E-state index >= 15 is 0 Å². The number of carbonyl (C=O) groups is 2. The van der Waals surface area contributed by atoms with E-state index in [0.29, 0.717) is 51.4 Å². The average Bonchev–Trinajstić information content (AvgIpc) is 3.43. The highest BCUT2D eigenvalue weighted by Gasteiger charge is 2.30. The molecule has 188 valence electrons. The zero-order chi connectivity index (χ0) is 26.3. The third kappa shape index (κ3) is 5.00. The molecule has 0 aromatic carbocycles. The Hall–Kier alpha value is -3.60. The lowest BCUT2D eigenvalue weighted by atomic mass is 10.0. The van der Waals surface area contributed by atoms with E-state index < -0.39 is 0 Å². The van der Waals surface area contributed by atoms with Gasteiger partial charge in [0.1, 0.15) is 16.6 Å². The van der Waals surface area contributed by atoms with E-state index in [4.69, 9.17) is 27.9 Å². The summed E-state index contributed by atoms with van der Waals surface area (Å²) in [6.07, 6.45) is 3.01. The number of nitrogens with zero attached hydrogens (tertiary/aromatic N) is 5. The number of nitrogens with one attached hydrogen (secondary N) is 1. The van der Waals surface area contributed by atoms with Gasteiger partial charge in [-0.3, -0.25) is 19.9 Å². The van der Waals surface area contributed by atoms with Crippen LogP contribution in [0.3, 0.4) is 0 Å². The van der Waals surface area contributed by atoms with Gasteiger partial charge in [-0.15, -0.1) is 0 Å². The molecule has 0 saturated carbocycles. The van der Waals surface area contributed by atoms with Crippen molar-refractivity contribution < 1.29 is 14.3 Å². The van der Waals surface area contributed by atoms with Crippen LogP contribution in [0.25, 0.3) is 11.1 Å². The monoisotopic (exact) mass is 554 g/mol. The number of ether oxygens (including phenoxy) is 1. The number of anilines is 1. The van der Waals surface area contributed by atoms with E-state index in [-0.39, 0.29) is 22.7 Å². The van der Waals surface area contributed by atoms with Crippen LogP contribution in [-0.4, -0.2) is 43.8 Å². The summed E-state index contributed by atoms with van der Waals surface area (Å²) in [6.45, 7) is 4.30. The molecule has 1 aliphatic rings. The van der Waals surface area contributed by atoms with Gasteiger partial charge in [0.05, 0.1) is 47.6 Å². The molecular formula is C25H20Cl2N6O3S. The highest BCUT2D eigenvalue weighted by atomic mass is 35.5. The third-order valence-corrected chi connectivity index (χ3v) is 7.29. The van der Waals surface area contributed by atoms with E-state index in [1.807, 2.05) is 6.92 Å². The summed E-state index contributed by atoms with van der Waals surface area (Å²) in [5.41, 5.74) is 3.94. The van der Waals surface area contributed by atoms with Crippen LogP contribution in [0, 0.1) is 13.8 Å². The van der Waals surface area contributed by atoms with E-state index in [0.717, 1.165) is 16.3 Å². The standard InChI is InChI=1S/C25H20Cl2N6O3S/c1-12-4-5-17(26)22(30-12)24(35)33-10-18-20(11-33)37-25(31-18)32-23(34)16-8-28-13(2)6-14(16)15-7-21(27)29-9-19(15)36-3/h4-9H,10-11H2,1-3H3,(H,31,32,34). The van der Waals surface area contributed by atoms with Crippen molar-refractivity contribution in [2.45, 2.75) is 26.9 Å². The molecule has 9 nitrogen and oxygen atoms in total. The predicted molar refractivity (Wildman–Crippen MR) is 141 cm³/mol. The number of fused-ring (bicyclic) bond motifs is 1. The quantitative estimate of drug-likeness (QED) is 0.331. The Balaban J connectivity index is 1.36. The number of hydrogen-bond acceptors (Lipinski definition) is 8. The van der Waals surface area contributed by atoms with Crippen LogP contribution in [-0.2, 0) is 13.1 Å². The fourth-order valence-electron chi connectivity index (χ4n) is 4.00. The summed E-state index contributed by atoms with van der Waals surface area (Å²) in [4.78, 5) is 46.0. The van der Waals surface area contributed by atoms with Crippen LogP contribution in [0.5, 0.6) is 5.75 Å². The molecule has 1 N–H and O–H groups in total. The number of methoxy groups -OCH3 is 1. The van der Waals surface area contributed by atoms with Gasteiger partial charge < -0.3 is 9.64 Å². The Morgan fingerprint density at radius 3 is 2.59 bits per heavy atom. The number of carbonyl (C=O) groups excluding carboxylic acids is 2. The van der Waals surface area contributed by atoms with E-state index in [9.17, 15) is 9.59 Å². The summed E-state index contributed by atoms with van der Waals surface area (Å²) in [7, 11) is 1.52. The fourth-order valence-corrected chi connectivity index (χ4v) is 5.32. The van der Waals surface area contributed by atoms with Gasteiger partial charge >= 0.3 is 0 Å². The molecule has 0 radical (unpaired) electrons. The number of aryl methyl sites for hydroxylation is 2. The van der Waals surface area contributed by atoms with E-state index in [1.54, 1.807) is 36.1 Å². The van der Waals surface area contributed by atoms with E-state index in [2.05, 4.69) is 25.3 Å².